The number of carbonyl (C=O) groups excluding carboxylic acids is 1. The molecule has 0 fully saturated rings. The van der Waals surface area contributed by atoms with E-state index in [9.17, 15) is 17.6 Å². The largest absolute Gasteiger partial charge is 0.382 e. The van der Waals surface area contributed by atoms with Gasteiger partial charge in [0.25, 0.3) is 5.91 Å². The first-order valence-corrected chi connectivity index (χ1v) is 10.1. The Labute approximate surface area is 171 Å². The van der Waals surface area contributed by atoms with Crippen LogP contribution in [0.15, 0.2) is 41.3 Å². The highest BCUT2D eigenvalue weighted by molar-refractivity contribution is 7.89. The molecule has 2 aromatic carbocycles. The van der Waals surface area contributed by atoms with Gasteiger partial charge in [0.1, 0.15) is 16.9 Å². The second-order valence-corrected chi connectivity index (χ2v) is 8.83. The van der Waals surface area contributed by atoms with Crippen molar-refractivity contribution in [2.45, 2.75) is 17.9 Å². The number of nitrogens with zero attached hydrogens (tertiary/aromatic N) is 4. The van der Waals surface area contributed by atoms with E-state index in [2.05, 4.69) is 15.6 Å². The summed E-state index contributed by atoms with van der Waals surface area (Å²) in [7, 11) is -0.837. The number of rotatable bonds is 6. The summed E-state index contributed by atoms with van der Waals surface area (Å²) in [5.74, 6) is -1.15. The first-order valence-electron chi connectivity index (χ1n) is 8.30. The number of hydrogen-bond donors (Lipinski definition) is 1. The predicted molar refractivity (Wildman–Crippen MR) is 104 cm³/mol. The highest BCUT2D eigenvalue weighted by Crippen LogP contribution is 2.21. The lowest BCUT2D eigenvalue weighted by Gasteiger charge is -2.15. The van der Waals surface area contributed by atoms with Crippen molar-refractivity contribution in [3.05, 3.63) is 47.2 Å². The monoisotopic (exact) mass is 441 g/mol. The van der Waals surface area contributed by atoms with E-state index >= 15 is 0 Å². The van der Waals surface area contributed by atoms with Crippen LogP contribution in [0.3, 0.4) is 0 Å². The Hall–Kier alpha value is -2.76. The van der Waals surface area contributed by atoms with Crippen LogP contribution in [0.25, 0.3) is 11.0 Å². The molecule has 0 radical (unpaired) electrons. The molecule has 1 atom stereocenters. The van der Waals surface area contributed by atoms with Crippen molar-refractivity contribution in [2.75, 3.05) is 19.4 Å². The van der Waals surface area contributed by atoms with Crippen LogP contribution >= 0.6 is 11.6 Å². The van der Waals surface area contributed by atoms with Gasteiger partial charge in [0.2, 0.25) is 16.1 Å². The SMILES string of the molecule is CC(On1nnc2ccc(S(=O)(=O)N(C)C)cc21)C(=O)Nc1ccc(F)c(Cl)c1. The number of carbonyl (C=O) groups is 1. The molecule has 1 unspecified atom stereocenters. The van der Waals surface area contributed by atoms with Crippen molar-refractivity contribution < 1.29 is 22.4 Å². The smallest absolute Gasteiger partial charge is 0.267 e. The minimum atomic E-state index is -3.67. The molecule has 0 saturated carbocycles. The normalized spacial score (nSPS) is 12.9. The molecule has 154 valence electrons. The number of halogens is 2. The summed E-state index contributed by atoms with van der Waals surface area (Å²) in [6.45, 7) is 1.47. The zero-order valence-corrected chi connectivity index (χ0v) is 17.2. The van der Waals surface area contributed by atoms with Crippen molar-refractivity contribution >= 4 is 44.3 Å². The topological polar surface area (TPSA) is 106 Å². The summed E-state index contributed by atoms with van der Waals surface area (Å²) in [6.07, 6.45) is -1.03. The van der Waals surface area contributed by atoms with E-state index in [1.54, 1.807) is 0 Å². The molecule has 29 heavy (non-hydrogen) atoms. The van der Waals surface area contributed by atoms with E-state index < -0.39 is 27.9 Å². The molecule has 3 aromatic rings. The predicted octanol–water partition coefficient (Wildman–Crippen LogP) is 1.93. The van der Waals surface area contributed by atoms with Gasteiger partial charge in [-0.1, -0.05) is 16.4 Å². The second kappa shape index (κ2) is 7.93. The van der Waals surface area contributed by atoms with Gasteiger partial charge in [-0.15, -0.1) is 5.10 Å². The second-order valence-electron chi connectivity index (χ2n) is 6.27. The minimum absolute atomic E-state index is 0.0280. The molecule has 0 aliphatic heterocycles. The number of amides is 1. The molecular weight excluding hydrogens is 425 g/mol. The van der Waals surface area contributed by atoms with Crippen LogP contribution in [0.5, 0.6) is 0 Å². The minimum Gasteiger partial charge on any atom is -0.382 e. The summed E-state index contributed by atoms with van der Waals surface area (Å²) in [5.41, 5.74) is 0.956. The highest BCUT2D eigenvalue weighted by Gasteiger charge is 2.21. The van der Waals surface area contributed by atoms with Gasteiger partial charge in [-0.25, -0.2) is 17.1 Å². The highest BCUT2D eigenvalue weighted by atomic mass is 35.5. The molecule has 3 rings (SSSR count). The molecule has 0 bridgehead atoms. The third-order valence-electron chi connectivity index (χ3n) is 3.98. The molecule has 0 saturated heterocycles. The van der Waals surface area contributed by atoms with Crippen LogP contribution in [0, 0.1) is 5.82 Å². The zero-order chi connectivity index (χ0) is 21.3. The van der Waals surface area contributed by atoms with Crippen LogP contribution in [0.1, 0.15) is 6.92 Å². The Kier molecular flexibility index (Phi) is 5.73. The van der Waals surface area contributed by atoms with Crippen molar-refractivity contribution in [2.24, 2.45) is 0 Å². The molecule has 0 aliphatic rings. The van der Waals surface area contributed by atoms with Crippen molar-refractivity contribution in [1.82, 2.24) is 19.5 Å². The van der Waals surface area contributed by atoms with Gasteiger partial charge in [0, 0.05) is 19.8 Å². The van der Waals surface area contributed by atoms with Gasteiger partial charge in [-0.3, -0.25) is 4.79 Å². The van der Waals surface area contributed by atoms with Crippen molar-refractivity contribution in [1.29, 1.82) is 0 Å². The number of hydrogen-bond acceptors (Lipinski definition) is 6. The van der Waals surface area contributed by atoms with E-state index in [4.69, 9.17) is 16.4 Å². The van der Waals surface area contributed by atoms with Crippen molar-refractivity contribution in [3.63, 3.8) is 0 Å². The van der Waals surface area contributed by atoms with E-state index in [-0.39, 0.29) is 15.4 Å². The van der Waals surface area contributed by atoms with Gasteiger partial charge >= 0.3 is 0 Å². The fraction of sp³-hybridized carbons (Fsp3) is 0.235. The Bertz CT molecular complexity index is 1180. The van der Waals surface area contributed by atoms with Gasteiger partial charge in [0.15, 0.2) is 0 Å². The Morgan fingerprint density at radius 2 is 2.00 bits per heavy atom. The van der Waals surface area contributed by atoms with Crippen LogP contribution in [-0.4, -0.2) is 54.0 Å². The Balaban J connectivity index is 1.81. The van der Waals surface area contributed by atoms with Crippen molar-refractivity contribution in [3.8, 4) is 0 Å². The molecule has 12 heteroatoms. The Morgan fingerprint density at radius 3 is 2.66 bits per heavy atom. The van der Waals surface area contributed by atoms with E-state index in [0.717, 1.165) is 15.2 Å². The number of benzene rings is 2. The standard InChI is InChI=1S/C17H17ClFN5O4S/c1-10(17(25)20-11-4-6-14(19)13(18)8-11)28-24-16-9-12(29(26,27)23(2)3)5-7-15(16)21-22-24/h4-10H,1-3H3,(H,20,25). The molecule has 0 aliphatic carbocycles. The zero-order valence-electron chi connectivity index (χ0n) is 15.6. The summed E-state index contributed by atoms with van der Waals surface area (Å²) in [4.78, 5) is 18.9. The average Bonchev–Trinajstić information content (AvgIpc) is 3.06. The fourth-order valence-electron chi connectivity index (χ4n) is 2.34. The molecule has 0 spiro atoms. The van der Waals surface area contributed by atoms with Crippen LogP contribution in [-0.2, 0) is 14.8 Å². The number of anilines is 1. The maximum Gasteiger partial charge on any atom is 0.267 e. The number of aromatic nitrogens is 3. The molecule has 9 nitrogen and oxygen atoms in total. The number of fused-ring (bicyclic) bond motifs is 1. The molecule has 1 heterocycles. The summed E-state index contributed by atoms with van der Waals surface area (Å²) < 4.78 is 39.0. The molecular formula is C17H17ClFN5O4S. The lowest BCUT2D eigenvalue weighted by Crippen LogP contribution is -2.35. The van der Waals surface area contributed by atoms with Gasteiger partial charge in [-0.05, 0) is 48.5 Å². The number of sulfonamides is 1. The van der Waals surface area contributed by atoms with E-state index in [1.165, 1.54) is 51.4 Å². The fourth-order valence-corrected chi connectivity index (χ4v) is 3.45. The first-order chi connectivity index (χ1) is 13.6. The lowest BCUT2D eigenvalue weighted by molar-refractivity contribution is -0.127. The quantitative estimate of drug-likeness (QED) is 0.626. The summed E-state index contributed by atoms with van der Waals surface area (Å²) in [5, 5.41) is 10.1. The first kappa shape index (κ1) is 21.0. The third kappa shape index (κ3) is 4.31. The molecule has 1 aromatic heterocycles. The summed E-state index contributed by atoms with van der Waals surface area (Å²) >= 11 is 5.70. The third-order valence-corrected chi connectivity index (χ3v) is 6.08. The van der Waals surface area contributed by atoms with Gasteiger partial charge < -0.3 is 10.2 Å². The Morgan fingerprint density at radius 1 is 1.28 bits per heavy atom. The van der Waals surface area contributed by atoms with Crippen LogP contribution < -0.4 is 10.2 Å². The van der Waals surface area contributed by atoms with Crippen LogP contribution in [0.2, 0.25) is 5.02 Å². The summed E-state index contributed by atoms with van der Waals surface area (Å²) in [6, 6.07) is 8.00. The van der Waals surface area contributed by atoms with Gasteiger partial charge in [-0.2, -0.15) is 0 Å². The lowest BCUT2D eigenvalue weighted by atomic mass is 10.3. The van der Waals surface area contributed by atoms with E-state index in [1.807, 2.05) is 0 Å². The maximum absolute atomic E-state index is 13.2. The maximum atomic E-state index is 13.2. The van der Waals surface area contributed by atoms with E-state index in [0.29, 0.717) is 11.2 Å². The number of nitrogens with one attached hydrogen (secondary N) is 1. The molecule has 1 N–H and O–H groups in total. The molecule has 1 amide bonds. The van der Waals surface area contributed by atoms with Gasteiger partial charge in [0.05, 0.1) is 9.92 Å². The average molecular weight is 442 g/mol. The van der Waals surface area contributed by atoms with Crippen LogP contribution in [0.4, 0.5) is 10.1 Å².